The maximum absolute atomic E-state index is 11.4. The Morgan fingerprint density at radius 2 is 2.29 bits per heavy atom. The minimum Gasteiger partial charge on any atom is -0.348 e. The molecule has 92 valence electrons. The molecule has 1 heterocycles. The van der Waals surface area contributed by atoms with Crippen molar-refractivity contribution in [3.63, 3.8) is 0 Å². The number of carbonyl (C=O) groups is 1. The predicted molar refractivity (Wildman–Crippen MR) is 70.0 cm³/mol. The Labute approximate surface area is 110 Å². The molecule has 0 aliphatic heterocycles. The number of nitrogens with one attached hydrogen (secondary N) is 1. The number of amides is 1. The van der Waals surface area contributed by atoms with Crippen molar-refractivity contribution in [2.75, 3.05) is 6.54 Å². The Bertz CT molecular complexity index is 477. The van der Waals surface area contributed by atoms with E-state index in [1.165, 1.54) is 6.08 Å². The number of carbonyl (C=O) groups excluding carboxylic acids is 1. The average Bonchev–Trinajstić information content (AvgIpc) is 2.48. The third kappa shape index (κ3) is 3.91. The van der Waals surface area contributed by atoms with Gasteiger partial charge in [0.2, 0.25) is 5.91 Å². The van der Waals surface area contributed by atoms with E-state index in [-0.39, 0.29) is 12.5 Å². The van der Waals surface area contributed by atoms with Gasteiger partial charge in [0.05, 0.1) is 12.2 Å². The molecule has 0 aliphatic carbocycles. The molecule has 0 unspecified atom stereocenters. The monoisotopic (exact) mass is 273 g/mol. The number of nitrogens with zero attached hydrogens (tertiary/aromatic N) is 2. The van der Waals surface area contributed by atoms with Crippen LogP contribution in [0.1, 0.15) is 11.3 Å². The Morgan fingerprint density at radius 3 is 2.76 bits per heavy atom. The first-order chi connectivity index (χ1) is 7.91. The van der Waals surface area contributed by atoms with Gasteiger partial charge in [0, 0.05) is 23.7 Å². The second-order valence-corrected chi connectivity index (χ2v) is 4.37. The summed E-state index contributed by atoms with van der Waals surface area (Å²) in [7, 11) is 1.74. The highest BCUT2D eigenvalue weighted by Crippen LogP contribution is 2.19. The standard InChI is InChI=1S/C11H13Cl2N3O/c1-7(12)6-14-10(17)5-4-9-8(2)15-16(3)11(9)13/h4-5H,1,6H2,2-3H3,(H,14,17)/b5-4+. The first-order valence-corrected chi connectivity index (χ1v) is 5.65. The first kappa shape index (κ1) is 13.8. The lowest BCUT2D eigenvalue weighted by Crippen LogP contribution is -2.21. The van der Waals surface area contributed by atoms with E-state index in [2.05, 4.69) is 17.0 Å². The lowest BCUT2D eigenvalue weighted by Gasteiger charge is -1.98. The summed E-state index contributed by atoms with van der Waals surface area (Å²) in [6, 6.07) is 0. The molecule has 4 nitrogen and oxygen atoms in total. The van der Waals surface area contributed by atoms with Gasteiger partial charge in [-0.2, -0.15) is 5.10 Å². The van der Waals surface area contributed by atoms with Crippen molar-refractivity contribution in [1.29, 1.82) is 0 Å². The van der Waals surface area contributed by atoms with Gasteiger partial charge in [0.1, 0.15) is 5.15 Å². The lowest BCUT2D eigenvalue weighted by molar-refractivity contribution is -0.116. The number of halogens is 2. The molecule has 0 radical (unpaired) electrons. The molecule has 17 heavy (non-hydrogen) atoms. The van der Waals surface area contributed by atoms with Crippen molar-refractivity contribution in [3.8, 4) is 0 Å². The van der Waals surface area contributed by atoms with E-state index < -0.39 is 0 Å². The van der Waals surface area contributed by atoms with Gasteiger partial charge in [-0.1, -0.05) is 29.8 Å². The Balaban J connectivity index is 2.70. The molecular weight excluding hydrogens is 261 g/mol. The molecule has 0 aliphatic rings. The van der Waals surface area contributed by atoms with Crippen LogP contribution in [0, 0.1) is 6.92 Å². The fourth-order valence-electron chi connectivity index (χ4n) is 1.24. The second-order valence-electron chi connectivity index (χ2n) is 3.48. The van der Waals surface area contributed by atoms with Crippen molar-refractivity contribution < 1.29 is 4.79 Å². The van der Waals surface area contributed by atoms with Gasteiger partial charge in [-0.05, 0) is 13.0 Å². The van der Waals surface area contributed by atoms with Crippen molar-refractivity contribution in [2.24, 2.45) is 7.05 Å². The van der Waals surface area contributed by atoms with E-state index in [1.807, 2.05) is 6.92 Å². The van der Waals surface area contributed by atoms with Gasteiger partial charge in [-0.15, -0.1) is 0 Å². The van der Waals surface area contributed by atoms with E-state index in [9.17, 15) is 4.79 Å². The summed E-state index contributed by atoms with van der Waals surface area (Å²) in [6.07, 6.45) is 3.01. The molecule has 1 aromatic rings. The molecule has 1 aromatic heterocycles. The molecule has 0 aromatic carbocycles. The highest BCUT2D eigenvalue weighted by molar-refractivity contribution is 6.31. The van der Waals surface area contributed by atoms with Crippen LogP contribution in [0.25, 0.3) is 6.08 Å². The third-order valence-electron chi connectivity index (χ3n) is 2.05. The number of aryl methyl sites for hydroxylation is 2. The molecule has 1 amide bonds. The molecule has 0 fully saturated rings. The predicted octanol–water partition coefficient (Wildman–Crippen LogP) is 2.26. The minimum atomic E-state index is -0.258. The summed E-state index contributed by atoms with van der Waals surface area (Å²) in [5.74, 6) is -0.258. The van der Waals surface area contributed by atoms with E-state index >= 15 is 0 Å². The molecular formula is C11H13Cl2N3O. The van der Waals surface area contributed by atoms with Gasteiger partial charge in [0.25, 0.3) is 0 Å². The molecule has 6 heteroatoms. The molecule has 0 atom stereocenters. The zero-order valence-electron chi connectivity index (χ0n) is 9.63. The summed E-state index contributed by atoms with van der Waals surface area (Å²) in [4.78, 5) is 11.4. The number of aromatic nitrogens is 2. The maximum atomic E-state index is 11.4. The van der Waals surface area contributed by atoms with Crippen LogP contribution in [0.15, 0.2) is 17.7 Å². The lowest BCUT2D eigenvalue weighted by atomic mass is 10.2. The van der Waals surface area contributed by atoms with E-state index in [1.54, 1.807) is 17.8 Å². The summed E-state index contributed by atoms with van der Waals surface area (Å²) >= 11 is 11.5. The van der Waals surface area contributed by atoms with Gasteiger partial charge >= 0.3 is 0 Å². The van der Waals surface area contributed by atoms with Gasteiger partial charge in [0.15, 0.2) is 0 Å². The van der Waals surface area contributed by atoms with Crippen molar-refractivity contribution in [3.05, 3.63) is 34.1 Å². The van der Waals surface area contributed by atoms with Gasteiger partial charge in [-0.25, -0.2) is 0 Å². The van der Waals surface area contributed by atoms with Crippen LogP contribution in [0.2, 0.25) is 5.15 Å². The summed E-state index contributed by atoms with van der Waals surface area (Å²) in [5.41, 5.74) is 1.50. The van der Waals surface area contributed by atoms with E-state index in [4.69, 9.17) is 23.2 Å². The number of rotatable bonds is 4. The topological polar surface area (TPSA) is 46.9 Å². The van der Waals surface area contributed by atoms with Crippen molar-refractivity contribution in [2.45, 2.75) is 6.92 Å². The zero-order chi connectivity index (χ0) is 13.0. The quantitative estimate of drug-likeness (QED) is 0.856. The number of hydrogen-bond acceptors (Lipinski definition) is 2. The number of hydrogen-bond donors (Lipinski definition) is 1. The molecule has 0 bridgehead atoms. The fraction of sp³-hybridized carbons (Fsp3) is 0.273. The molecule has 1 N–H and O–H groups in total. The Morgan fingerprint density at radius 1 is 1.65 bits per heavy atom. The Hall–Kier alpha value is -1.26. The minimum absolute atomic E-state index is 0.241. The largest absolute Gasteiger partial charge is 0.348 e. The van der Waals surface area contributed by atoms with Crippen LogP contribution < -0.4 is 5.32 Å². The van der Waals surface area contributed by atoms with Crippen LogP contribution in [0.4, 0.5) is 0 Å². The SMILES string of the molecule is C=C(Cl)CNC(=O)/C=C/c1c(C)nn(C)c1Cl. The van der Waals surface area contributed by atoms with E-state index in [0.717, 1.165) is 11.3 Å². The molecule has 1 rings (SSSR count). The highest BCUT2D eigenvalue weighted by Gasteiger charge is 2.08. The van der Waals surface area contributed by atoms with Crippen LogP contribution in [0.5, 0.6) is 0 Å². The molecule has 0 saturated carbocycles. The van der Waals surface area contributed by atoms with Crippen molar-refractivity contribution in [1.82, 2.24) is 15.1 Å². The molecule has 0 spiro atoms. The highest BCUT2D eigenvalue weighted by atomic mass is 35.5. The average molecular weight is 274 g/mol. The summed E-state index contributed by atoms with van der Waals surface area (Å²) in [5, 5.41) is 7.57. The van der Waals surface area contributed by atoms with E-state index in [0.29, 0.717) is 10.2 Å². The Kier molecular flexibility index (Phi) is 4.78. The third-order valence-corrected chi connectivity index (χ3v) is 2.63. The first-order valence-electron chi connectivity index (χ1n) is 4.90. The summed E-state index contributed by atoms with van der Waals surface area (Å²) < 4.78 is 1.55. The maximum Gasteiger partial charge on any atom is 0.244 e. The van der Waals surface area contributed by atoms with Crippen LogP contribution in [-0.4, -0.2) is 22.2 Å². The smallest absolute Gasteiger partial charge is 0.244 e. The summed E-state index contributed by atoms with van der Waals surface area (Å²) in [6.45, 7) is 5.53. The zero-order valence-corrected chi connectivity index (χ0v) is 11.1. The second kappa shape index (κ2) is 5.89. The van der Waals surface area contributed by atoms with Crippen LogP contribution >= 0.6 is 23.2 Å². The van der Waals surface area contributed by atoms with Gasteiger partial charge < -0.3 is 5.32 Å². The van der Waals surface area contributed by atoms with Crippen molar-refractivity contribution >= 4 is 35.2 Å². The van der Waals surface area contributed by atoms with Crippen LogP contribution in [0.3, 0.4) is 0 Å². The van der Waals surface area contributed by atoms with Gasteiger partial charge in [-0.3, -0.25) is 9.48 Å². The normalized spacial score (nSPS) is 10.8. The fourth-order valence-corrected chi connectivity index (χ4v) is 1.54. The molecule has 0 saturated heterocycles. The van der Waals surface area contributed by atoms with Crippen LogP contribution in [-0.2, 0) is 11.8 Å².